The molecule has 0 bridgehead atoms. The summed E-state index contributed by atoms with van der Waals surface area (Å²) in [5.41, 5.74) is 2.05. The number of sulfonamides is 1. The maximum absolute atomic E-state index is 14.0. The average molecular weight is 478 g/mol. The van der Waals surface area contributed by atoms with Crippen molar-refractivity contribution in [3.8, 4) is 0 Å². The zero-order chi connectivity index (χ0) is 24.0. The second-order valence-corrected chi connectivity index (χ2v) is 10.4. The monoisotopic (exact) mass is 477 g/mol. The molecule has 2 atom stereocenters. The first-order valence-electron chi connectivity index (χ1n) is 11.1. The number of rotatable bonds is 9. The van der Waals surface area contributed by atoms with E-state index in [-0.39, 0.29) is 18.6 Å². The van der Waals surface area contributed by atoms with Gasteiger partial charge in [-0.2, -0.15) is 4.72 Å². The molecule has 0 saturated carbocycles. The van der Waals surface area contributed by atoms with Crippen molar-refractivity contribution in [2.45, 2.75) is 50.9 Å². The molecule has 1 aliphatic rings. The molecule has 1 aliphatic heterocycles. The molecule has 0 aromatic heterocycles. The van der Waals surface area contributed by atoms with Crippen molar-refractivity contribution in [1.82, 2.24) is 14.9 Å². The Kier molecular flexibility index (Phi) is 8.58. The van der Waals surface area contributed by atoms with Crippen molar-refractivity contribution in [3.05, 3.63) is 65.5 Å². The molecule has 2 N–H and O–H groups in total. The SMILES string of the molecule is CC1CN(Cc2cccc(CNC(=O)[C@@H](NS(=O)(=O)c3ccccc3F)C(C)C)c2)CCO1. The largest absolute Gasteiger partial charge is 0.376 e. The zero-order valence-electron chi connectivity index (χ0n) is 19.3. The van der Waals surface area contributed by atoms with Crippen LogP contribution in [0.1, 0.15) is 31.9 Å². The molecule has 0 radical (unpaired) electrons. The molecule has 2 aromatic rings. The lowest BCUT2D eigenvalue weighted by molar-refractivity contribution is -0.123. The van der Waals surface area contributed by atoms with Crippen LogP contribution in [0.5, 0.6) is 0 Å². The van der Waals surface area contributed by atoms with Crippen LogP contribution < -0.4 is 10.0 Å². The van der Waals surface area contributed by atoms with Crippen molar-refractivity contribution < 1.29 is 22.3 Å². The molecule has 7 nitrogen and oxygen atoms in total. The fraction of sp³-hybridized carbons (Fsp3) is 0.458. The third kappa shape index (κ3) is 7.07. The average Bonchev–Trinajstić information content (AvgIpc) is 2.76. The number of morpholine rings is 1. The minimum Gasteiger partial charge on any atom is -0.376 e. The summed E-state index contributed by atoms with van der Waals surface area (Å²) in [7, 11) is -4.19. The number of benzene rings is 2. The van der Waals surface area contributed by atoms with Crippen LogP contribution in [-0.4, -0.2) is 51.1 Å². The molecular weight excluding hydrogens is 445 g/mol. The number of ether oxygens (including phenoxy) is 1. The quantitative estimate of drug-likeness (QED) is 0.580. The van der Waals surface area contributed by atoms with E-state index in [2.05, 4.69) is 21.9 Å². The minimum absolute atomic E-state index is 0.210. The standard InChI is InChI=1S/C24H32FN3O4S/c1-17(2)23(27-33(30,31)22-10-5-4-9-21(22)25)24(29)26-14-19-7-6-8-20(13-19)16-28-11-12-32-18(3)15-28/h4-10,13,17-18,23,27H,11-12,14-16H2,1-3H3,(H,26,29)/t18?,23-/m0/s1. The lowest BCUT2D eigenvalue weighted by Crippen LogP contribution is -2.49. The van der Waals surface area contributed by atoms with Gasteiger partial charge in [0.05, 0.1) is 12.7 Å². The number of carbonyl (C=O) groups is 1. The van der Waals surface area contributed by atoms with E-state index >= 15 is 0 Å². The van der Waals surface area contributed by atoms with Gasteiger partial charge in [-0.15, -0.1) is 0 Å². The molecule has 3 rings (SSSR count). The fourth-order valence-corrected chi connectivity index (χ4v) is 5.24. The Balaban J connectivity index is 1.63. The topological polar surface area (TPSA) is 87.7 Å². The first kappa shape index (κ1) is 25.3. The Bertz CT molecular complexity index is 1060. The van der Waals surface area contributed by atoms with Crippen LogP contribution in [0.3, 0.4) is 0 Å². The highest BCUT2D eigenvalue weighted by Crippen LogP contribution is 2.16. The Morgan fingerprint density at radius 2 is 1.91 bits per heavy atom. The van der Waals surface area contributed by atoms with E-state index in [9.17, 15) is 17.6 Å². The number of nitrogens with zero attached hydrogens (tertiary/aromatic N) is 1. The smallest absolute Gasteiger partial charge is 0.244 e. The number of hydrogen-bond donors (Lipinski definition) is 2. The third-order valence-electron chi connectivity index (χ3n) is 5.55. The van der Waals surface area contributed by atoms with E-state index in [1.807, 2.05) is 24.3 Å². The van der Waals surface area contributed by atoms with Crippen LogP contribution in [0, 0.1) is 11.7 Å². The minimum atomic E-state index is -4.19. The van der Waals surface area contributed by atoms with Crippen LogP contribution in [-0.2, 0) is 32.6 Å². The van der Waals surface area contributed by atoms with Crippen LogP contribution in [0.4, 0.5) is 4.39 Å². The number of amides is 1. The molecule has 33 heavy (non-hydrogen) atoms. The molecule has 9 heteroatoms. The second-order valence-electron chi connectivity index (χ2n) is 8.73. The van der Waals surface area contributed by atoms with Crippen LogP contribution in [0.25, 0.3) is 0 Å². The molecule has 1 fully saturated rings. The Morgan fingerprint density at radius 1 is 1.18 bits per heavy atom. The zero-order valence-corrected chi connectivity index (χ0v) is 20.1. The van der Waals surface area contributed by atoms with Crippen LogP contribution in [0.15, 0.2) is 53.4 Å². The molecular formula is C24H32FN3O4S. The summed E-state index contributed by atoms with van der Waals surface area (Å²) in [6, 6.07) is 12.0. The van der Waals surface area contributed by atoms with Crippen molar-refractivity contribution in [2.24, 2.45) is 5.92 Å². The van der Waals surface area contributed by atoms with Gasteiger partial charge in [-0.1, -0.05) is 50.2 Å². The predicted octanol–water partition coefficient (Wildman–Crippen LogP) is 2.67. The van der Waals surface area contributed by atoms with E-state index in [1.165, 1.54) is 18.2 Å². The molecule has 180 valence electrons. The van der Waals surface area contributed by atoms with Crippen molar-refractivity contribution >= 4 is 15.9 Å². The molecule has 1 unspecified atom stereocenters. The van der Waals surface area contributed by atoms with Gasteiger partial charge < -0.3 is 10.1 Å². The molecule has 0 aliphatic carbocycles. The van der Waals surface area contributed by atoms with Crippen molar-refractivity contribution in [3.63, 3.8) is 0 Å². The van der Waals surface area contributed by atoms with Gasteiger partial charge >= 0.3 is 0 Å². The molecule has 1 heterocycles. The van der Waals surface area contributed by atoms with Gasteiger partial charge in [-0.05, 0) is 36.1 Å². The first-order chi connectivity index (χ1) is 15.7. The maximum Gasteiger partial charge on any atom is 0.244 e. The highest BCUT2D eigenvalue weighted by molar-refractivity contribution is 7.89. The third-order valence-corrected chi connectivity index (χ3v) is 7.02. The normalized spacial score (nSPS) is 18.3. The number of nitrogens with one attached hydrogen (secondary N) is 2. The first-order valence-corrected chi connectivity index (χ1v) is 12.6. The highest BCUT2D eigenvalue weighted by atomic mass is 32.2. The molecule has 0 spiro atoms. The lowest BCUT2D eigenvalue weighted by Gasteiger charge is -2.31. The number of carbonyl (C=O) groups excluding carboxylic acids is 1. The van der Waals surface area contributed by atoms with Gasteiger partial charge in [0, 0.05) is 26.2 Å². The summed E-state index contributed by atoms with van der Waals surface area (Å²) >= 11 is 0. The summed E-state index contributed by atoms with van der Waals surface area (Å²) < 4.78 is 47.3. The highest BCUT2D eigenvalue weighted by Gasteiger charge is 2.29. The Hall–Kier alpha value is -2.33. The van der Waals surface area contributed by atoms with Gasteiger partial charge in [0.2, 0.25) is 15.9 Å². The van der Waals surface area contributed by atoms with E-state index < -0.39 is 32.7 Å². The predicted molar refractivity (Wildman–Crippen MR) is 124 cm³/mol. The van der Waals surface area contributed by atoms with E-state index in [4.69, 9.17) is 4.74 Å². The summed E-state index contributed by atoms with van der Waals surface area (Å²) in [5, 5.41) is 2.81. The number of hydrogen-bond acceptors (Lipinski definition) is 5. The number of halogens is 1. The van der Waals surface area contributed by atoms with Crippen LogP contribution in [0.2, 0.25) is 0 Å². The summed E-state index contributed by atoms with van der Waals surface area (Å²) in [5.74, 6) is -1.65. The van der Waals surface area contributed by atoms with Crippen molar-refractivity contribution in [1.29, 1.82) is 0 Å². The van der Waals surface area contributed by atoms with E-state index in [0.717, 1.165) is 43.4 Å². The molecule has 2 aromatic carbocycles. The van der Waals surface area contributed by atoms with Gasteiger partial charge in [0.1, 0.15) is 16.8 Å². The van der Waals surface area contributed by atoms with E-state index in [1.54, 1.807) is 13.8 Å². The molecule has 1 saturated heterocycles. The lowest BCUT2D eigenvalue weighted by atomic mass is 10.0. The van der Waals surface area contributed by atoms with E-state index in [0.29, 0.717) is 0 Å². The Morgan fingerprint density at radius 3 is 2.61 bits per heavy atom. The van der Waals surface area contributed by atoms with Gasteiger partial charge in [0.15, 0.2) is 0 Å². The van der Waals surface area contributed by atoms with Crippen LogP contribution >= 0.6 is 0 Å². The van der Waals surface area contributed by atoms with Gasteiger partial charge in [-0.3, -0.25) is 9.69 Å². The summed E-state index contributed by atoms with van der Waals surface area (Å²) in [6.45, 7) is 9.06. The van der Waals surface area contributed by atoms with Gasteiger partial charge in [0.25, 0.3) is 0 Å². The second kappa shape index (κ2) is 11.2. The van der Waals surface area contributed by atoms with Gasteiger partial charge in [-0.25, -0.2) is 12.8 Å². The fourth-order valence-electron chi connectivity index (χ4n) is 3.82. The molecule has 1 amide bonds. The summed E-state index contributed by atoms with van der Waals surface area (Å²) in [4.78, 5) is 14.7. The van der Waals surface area contributed by atoms with Crippen molar-refractivity contribution in [2.75, 3.05) is 19.7 Å². The maximum atomic E-state index is 14.0. The summed E-state index contributed by atoms with van der Waals surface area (Å²) in [6.07, 6.45) is 0.210. The Labute approximate surface area is 195 Å².